The molecule has 0 spiro atoms. The monoisotopic (exact) mass is 302 g/mol. The lowest BCUT2D eigenvalue weighted by atomic mass is 10.0. The van der Waals surface area contributed by atoms with E-state index in [2.05, 4.69) is 53.5 Å². The SMILES string of the molecule is CNC(Cc1ncnn1C(C)C)C1Cc2ccccc2S1. The van der Waals surface area contributed by atoms with Crippen LogP contribution >= 0.6 is 11.8 Å². The predicted molar refractivity (Wildman–Crippen MR) is 86.7 cm³/mol. The van der Waals surface area contributed by atoms with Crippen molar-refractivity contribution in [3.8, 4) is 0 Å². The molecular formula is C16H22N4S. The van der Waals surface area contributed by atoms with Crippen molar-refractivity contribution in [1.82, 2.24) is 20.1 Å². The molecule has 1 aromatic heterocycles. The summed E-state index contributed by atoms with van der Waals surface area (Å²) in [5.41, 5.74) is 1.47. The molecule has 0 amide bonds. The molecule has 0 radical (unpaired) electrons. The molecule has 2 unspecified atom stereocenters. The summed E-state index contributed by atoms with van der Waals surface area (Å²) in [5, 5.41) is 8.38. The first-order valence-electron chi connectivity index (χ1n) is 7.49. The van der Waals surface area contributed by atoms with E-state index < -0.39 is 0 Å². The number of benzene rings is 1. The van der Waals surface area contributed by atoms with Crippen molar-refractivity contribution in [3.63, 3.8) is 0 Å². The summed E-state index contributed by atoms with van der Waals surface area (Å²) in [5.74, 6) is 1.07. The van der Waals surface area contributed by atoms with Gasteiger partial charge < -0.3 is 5.32 Å². The summed E-state index contributed by atoms with van der Waals surface area (Å²) >= 11 is 1.99. The molecule has 2 aromatic rings. The quantitative estimate of drug-likeness (QED) is 0.922. The highest BCUT2D eigenvalue weighted by molar-refractivity contribution is 8.00. The molecule has 2 atom stereocenters. The molecule has 2 heterocycles. The third kappa shape index (κ3) is 2.99. The standard InChI is InChI=1S/C16H22N4S/c1-11(2)20-16(18-10-19-20)9-13(17-3)15-8-12-6-4-5-7-14(12)21-15/h4-7,10-11,13,15,17H,8-9H2,1-3H3. The average Bonchev–Trinajstić information content (AvgIpc) is 3.10. The summed E-state index contributed by atoms with van der Waals surface area (Å²) < 4.78 is 2.02. The third-order valence-electron chi connectivity index (χ3n) is 4.03. The van der Waals surface area contributed by atoms with Gasteiger partial charge in [-0.3, -0.25) is 0 Å². The van der Waals surface area contributed by atoms with Crippen molar-refractivity contribution >= 4 is 11.8 Å². The second-order valence-electron chi connectivity index (χ2n) is 5.78. The molecule has 0 aliphatic carbocycles. The Morgan fingerprint density at radius 1 is 1.38 bits per heavy atom. The number of hydrogen-bond donors (Lipinski definition) is 1. The highest BCUT2D eigenvalue weighted by Crippen LogP contribution is 2.38. The highest BCUT2D eigenvalue weighted by atomic mass is 32.2. The van der Waals surface area contributed by atoms with E-state index >= 15 is 0 Å². The maximum atomic E-state index is 4.45. The number of thioether (sulfide) groups is 1. The largest absolute Gasteiger partial charge is 0.315 e. The van der Waals surface area contributed by atoms with Crippen molar-refractivity contribution < 1.29 is 0 Å². The molecule has 1 aromatic carbocycles. The van der Waals surface area contributed by atoms with E-state index in [1.165, 1.54) is 10.5 Å². The van der Waals surface area contributed by atoms with Crippen LogP contribution in [0.5, 0.6) is 0 Å². The summed E-state index contributed by atoms with van der Waals surface area (Å²) in [4.78, 5) is 5.87. The van der Waals surface area contributed by atoms with Crippen molar-refractivity contribution in [3.05, 3.63) is 42.0 Å². The third-order valence-corrected chi connectivity index (χ3v) is 5.48. The zero-order valence-corrected chi connectivity index (χ0v) is 13.6. The van der Waals surface area contributed by atoms with E-state index in [-0.39, 0.29) is 0 Å². The Morgan fingerprint density at radius 2 is 2.19 bits per heavy atom. The number of aromatic nitrogens is 3. The first-order valence-corrected chi connectivity index (χ1v) is 8.37. The molecule has 1 N–H and O–H groups in total. The molecule has 1 aliphatic rings. The van der Waals surface area contributed by atoms with Gasteiger partial charge in [-0.25, -0.2) is 9.67 Å². The number of fused-ring (bicyclic) bond motifs is 1. The molecule has 21 heavy (non-hydrogen) atoms. The van der Waals surface area contributed by atoms with E-state index in [0.29, 0.717) is 17.3 Å². The van der Waals surface area contributed by atoms with Crippen LogP contribution in [-0.2, 0) is 12.8 Å². The van der Waals surface area contributed by atoms with Crippen LogP contribution in [0.25, 0.3) is 0 Å². The van der Waals surface area contributed by atoms with Gasteiger partial charge in [-0.15, -0.1) is 11.8 Å². The van der Waals surface area contributed by atoms with Gasteiger partial charge in [0.15, 0.2) is 0 Å². The minimum absolute atomic E-state index is 0.355. The molecule has 112 valence electrons. The lowest BCUT2D eigenvalue weighted by Crippen LogP contribution is -2.38. The second-order valence-corrected chi connectivity index (χ2v) is 7.06. The van der Waals surface area contributed by atoms with Crippen LogP contribution in [0.1, 0.15) is 31.3 Å². The number of hydrogen-bond acceptors (Lipinski definition) is 4. The summed E-state index contributed by atoms with van der Waals surface area (Å²) in [6.07, 6.45) is 3.71. The van der Waals surface area contributed by atoms with Gasteiger partial charge in [-0.1, -0.05) is 18.2 Å². The van der Waals surface area contributed by atoms with Crippen molar-refractivity contribution in [1.29, 1.82) is 0 Å². The van der Waals surface area contributed by atoms with E-state index in [4.69, 9.17) is 0 Å². The van der Waals surface area contributed by atoms with Crippen molar-refractivity contribution in [2.75, 3.05) is 7.05 Å². The molecule has 0 saturated heterocycles. The molecule has 0 saturated carbocycles. The lowest BCUT2D eigenvalue weighted by Gasteiger charge is -2.22. The van der Waals surface area contributed by atoms with Crippen LogP contribution in [0.4, 0.5) is 0 Å². The molecular weight excluding hydrogens is 280 g/mol. The van der Waals surface area contributed by atoms with Crippen molar-refractivity contribution in [2.24, 2.45) is 0 Å². The molecule has 0 bridgehead atoms. The van der Waals surface area contributed by atoms with Crippen LogP contribution in [0.3, 0.4) is 0 Å². The summed E-state index contributed by atoms with van der Waals surface area (Å²) in [7, 11) is 2.05. The topological polar surface area (TPSA) is 42.7 Å². The normalized spacial score (nSPS) is 19.0. The van der Waals surface area contributed by atoms with Crippen LogP contribution in [0, 0.1) is 0 Å². The average molecular weight is 302 g/mol. The maximum absolute atomic E-state index is 4.45. The molecule has 4 nitrogen and oxygen atoms in total. The van der Waals surface area contributed by atoms with E-state index in [9.17, 15) is 0 Å². The van der Waals surface area contributed by atoms with Gasteiger partial charge in [0, 0.05) is 28.6 Å². The van der Waals surface area contributed by atoms with Gasteiger partial charge in [0.1, 0.15) is 12.2 Å². The zero-order valence-electron chi connectivity index (χ0n) is 12.8. The Hall–Kier alpha value is -1.33. The van der Waals surface area contributed by atoms with Gasteiger partial charge in [-0.2, -0.15) is 5.10 Å². The van der Waals surface area contributed by atoms with Crippen LogP contribution in [0.15, 0.2) is 35.5 Å². The first-order chi connectivity index (χ1) is 10.2. The van der Waals surface area contributed by atoms with E-state index in [1.54, 1.807) is 6.33 Å². The second kappa shape index (κ2) is 6.20. The van der Waals surface area contributed by atoms with Gasteiger partial charge in [0.05, 0.1) is 0 Å². The Bertz CT molecular complexity index is 583. The van der Waals surface area contributed by atoms with Gasteiger partial charge >= 0.3 is 0 Å². The number of nitrogens with one attached hydrogen (secondary N) is 1. The molecule has 3 rings (SSSR count). The fourth-order valence-electron chi connectivity index (χ4n) is 2.90. The molecule has 5 heteroatoms. The van der Waals surface area contributed by atoms with Gasteiger partial charge in [0.2, 0.25) is 0 Å². The minimum Gasteiger partial charge on any atom is -0.315 e. The smallest absolute Gasteiger partial charge is 0.138 e. The maximum Gasteiger partial charge on any atom is 0.138 e. The lowest BCUT2D eigenvalue weighted by molar-refractivity contribution is 0.464. The Balaban J connectivity index is 1.74. The van der Waals surface area contributed by atoms with Crippen LogP contribution in [0.2, 0.25) is 0 Å². The Kier molecular flexibility index (Phi) is 4.31. The number of rotatable bonds is 5. The molecule has 1 aliphatic heterocycles. The fourth-order valence-corrected chi connectivity index (χ4v) is 4.35. The summed E-state index contributed by atoms with van der Waals surface area (Å²) in [6, 6.07) is 9.48. The minimum atomic E-state index is 0.355. The Morgan fingerprint density at radius 3 is 2.90 bits per heavy atom. The fraction of sp³-hybridized carbons (Fsp3) is 0.500. The van der Waals surface area contributed by atoms with Crippen LogP contribution in [-0.4, -0.2) is 33.1 Å². The predicted octanol–water partition coefficient (Wildman–Crippen LogP) is 2.71. The number of likely N-dealkylation sites (N-methyl/N-ethyl adjacent to an activating group) is 1. The summed E-state index contributed by atoms with van der Waals surface area (Å²) in [6.45, 7) is 4.29. The van der Waals surface area contributed by atoms with Crippen molar-refractivity contribution in [2.45, 2.75) is 48.9 Å². The van der Waals surface area contributed by atoms with Gasteiger partial charge in [0.25, 0.3) is 0 Å². The van der Waals surface area contributed by atoms with E-state index in [1.807, 2.05) is 23.5 Å². The number of nitrogens with zero attached hydrogens (tertiary/aromatic N) is 3. The zero-order chi connectivity index (χ0) is 14.8. The Labute approximate surface area is 130 Å². The molecule has 0 fully saturated rings. The van der Waals surface area contributed by atoms with Gasteiger partial charge in [-0.05, 0) is 38.9 Å². The highest BCUT2D eigenvalue weighted by Gasteiger charge is 2.29. The van der Waals surface area contributed by atoms with E-state index in [0.717, 1.165) is 18.7 Å². The van der Waals surface area contributed by atoms with Crippen LogP contribution < -0.4 is 5.32 Å². The first kappa shape index (κ1) is 14.6.